The molecule has 2 heterocycles. The summed E-state index contributed by atoms with van der Waals surface area (Å²) < 4.78 is 19.1. The van der Waals surface area contributed by atoms with E-state index in [0.29, 0.717) is 6.42 Å². The molecule has 6 heteroatoms. The van der Waals surface area contributed by atoms with Crippen molar-refractivity contribution in [2.24, 2.45) is 0 Å². The van der Waals surface area contributed by atoms with Gasteiger partial charge in [0.15, 0.2) is 0 Å². The first-order valence-corrected chi connectivity index (χ1v) is 9.74. The van der Waals surface area contributed by atoms with Crippen molar-refractivity contribution in [1.82, 2.24) is 4.57 Å². The topological polar surface area (TPSA) is 49.7 Å². The number of allylic oxidation sites excluding steroid dienone is 1. The standard InChI is InChI=1S/C22H30BNO4/c1-20(2,3)26-19(25)24-15-16(17-12-8-9-13-18(17)24)11-10-14-23-27-21(4,5)22(6,7)28-23/h8-10,12-15H,11H2,1-7H3/b14-10+. The van der Waals surface area contributed by atoms with Crippen molar-refractivity contribution in [2.45, 2.75) is 71.7 Å². The lowest BCUT2D eigenvalue weighted by Crippen LogP contribution is -2.41. The molecule has 1 saturated heterocycles. The van der Waals surface area contributed by atoms with E-state index in [2.05, 4.69) is 0 Å². The van der Waals surface area contributed by atoms with Crippen molar-refractivity contribution in [3.8, 4) is 0 Å². The molecule has 0 radical (unpaired) electrons. The molecule has 2 aromatic rings. The van der Waals surface area contributed by atoms with E-state index in [-0.39, 0.29) is 24.4 Å². The van der Waals surface area contributed by atoms with Crippen LogP contribution >= 0.6 is 0 Å². The number of benzene rings is 1. The lowest BCUT2D eigenvalue weighted by atomic mass is 9.89. The van der Waals surface area contributed by atoms with E-state index in [1.54, 1.807) is 4.57 Å². The summed E-state index contributed by atoms with van der Waals surface area (Å²) in [5.41, 5.74) is 0.646. The van der Waals surface area contributed by atoms with Gasteiger partial charge in [0.05, 0.1) is 16.7 Å². The average molecular weight is 383 g/mol. The molecule has 0 aliphatic carbocycles. The van der Waals surface area contributed by atoms with E-state index in [9.17, 15) is 4.79 Å². The smallest absolute Gasteiger partial charge is 0.443 e. The Hall–Kier alpha value is -2.05. The zero-order valence-electron chi connectivity index (χ0n) is 17.9. The summed E-state index contributed by atoms with van der Waals surface area (Å²) in [6.07, 6.45) is 4.18. The summed E-state index contributed by atoms with van der Waals surface area (Å²) >= 11 is 0. The summed E-state index contributed by atoms with van der Waals surface area (Å²) in [5, 5.41) is 1.03. The highest BCUT2D eigenvalue weighted by atomic mass is 16.7. The Morgan fingerprint density at radius 1 is 1.14 bits per heavy atom. The maximum atomic E-state index is 12.6. The van der Waals surface area contributed by atoms with E-state index in [1.165, 1.54) is 0 Å². The van der Waals surface area contributed by atoms with Crippen LogP contribution in [0.3, 0.4) is 0 Å². The van der Waals surface area contributed by atoms with Crippen molar-refractivity contribution in [3.63, 3.8) is 0 Å². The van der Waals surface area contributed by atoms with Gasteiger partial charge in [0, 0.05) is 11.6 Å². The second-order valence-electron chi connectivity index (χ2n) is 9.28. The number of para-hydroxylation sites is 1. The lowest BCUT2D eigenvalue weighted by Gasteiger charge is -2.32. The molecule has 5 nitrogen and oxygen atoms in total. The molecule has 1 fully saturated rings. The predicted molar refractivity (Wildman–Crippen MR) is 112 cm³/mol. The number of carbonyl (C=O) groups is 1. The third-order valence-corrected chi connectivity index (χ3v) is 5.29. The normalized spacial score (nSPS) is 18.9. The number of fused-ring (bicyclic) bond motifs is 1. The molecule has 1 aromatic carbocycles. The summed E-state index contributed by atoms with van der Waals surface area (Å²) in [4.78, 5) is 12.6. The van der Waals surface area contributed by atoms with Gasteiger partial charge in [-0.2, -0.15) is 0 Å². The van der Waals surface area contributed by atoms with Crippen molar-refractivity contribution < 1.29 is 18.8 Å². The summed E-state index contributed by atoms with van der Waals surface area (Å²) in [6, 6.07) is 7.85. The minimum atomic E-state index is -0.542. The number of hydrogen-bond donors (Lipinski definition) is 0. The zero-order chi connectivity index (χ0) is 20.7. The van der Waals surface area contributed by atoms with Crippen LogP contribution in [0.4, 0.5) is 4.79 Å². The van der Waals surface area contributed by atoms with Crippen LogP contribution in [0.25, 0.3) is 10.9 Å². The second kappa shape index (κ2) is 7.09. The van der Waals surface area contributed by atoms with Crippen LogP contribution in [0.5, 0.6) is 0 Å². The second-order valence-corrected chi connectivity index (χ2v) is 9.28. The number of carbonyl (C=O) groups excluding carboxylic acids is 1. The molecule has 1 aromatic heterocycles. The highest BCUT2D eigenvalue weighted by Crippen LogP contribution is 2.37. The monoisotopic (exact) mass is 383 g/mol. The zero-order valence-corrected chi connectivity index (χ0v) is 17.9. The number of hydrogen-bond acceptors (Lipinski definition) is 4. The van der Waals surface area contributed by atoms with Gasteiger partial charge in [-0.1, -0.05) is 30.3 Å². The molecule has 0 unspecified atom stereocenters. The van der Waals surface area contributed by atoms with Gasteiger partial charge < -0.3 is 14.0 Å². The minimum Gasteiger partial charge on any atom is -0.443 e. The van der Waals surface area contributed by atoms with Gasteiger partial charge in [0.25, 0.3) is 0 Å². The van der Waals surface area contributed by atoms with E-state index in [4.69, 9.17) is 14.0 Å². The maximum Gasteiger partial charge on any atom is 0.486 e. The third-order valence-electron chi connectivity index (χ3n) is 5.29. The van der Waals surface area contributed by atoms with Crippen molar-refractivity contribution in [1.29, 1.82) is 0 Å². The molecule has 3 rings (SSSR count). The molecule has 0 saturated carbocycles. The Kier molecular flexibility index (Phi) is 5.23. The molecule has 28 heavy (non-hydrogen) atoms. The molecule has 0 amide bonds. The summed E-state index contributed by atoms with van der Waals surface area (Å²) in [7, 11) is -0.371. The molecule has 0 spiro atoms. The van der Waals surface area contributed by atoms with Crippen LogP contribution in [-0.2, 0) is 20.5 Å². The number of ether oxygens (including phenoxy) is 1. The lowest BCUT2D eigenvalue weighted by molar-refractivity contribution is 0.00578. The number of rotatable bonds is 3. The van der Waals surface area contributed by atoms with Gasteiger partial charge in [0.1, 0.15) is 5.60 Å². The first-order valence-electron chi connectivity index (χ1n) is 9.74. The average Bonchev–Trinajstić information content (AvgIpc) is 3.01. The summed E-state index contributed by atoms with van der Waals surface area (Å²) in [5.74, 6) is 1.94. The van der Waals surface area contributed by atoms with E-state index in [0.717, 1.165) is 16.5 Å². The molecular weight excluding hydrogens is 353 g/mol. The third kappa shape index (κ3) is 4.18. The quantitative estimate of drug-likeness (QED) is 0.688. The van der Waals surface area contributed by atoms with Gasteiger partial charge >= 0.3 is 13.2 Å². The van der Waals surface area contributed by atoms with Crippen molar-refractivity contribution >= 4 is 24.1 Å². The van der Waals surface area contributed by atoms with Crippen molar-refractivity contribution in [3.05, 3.63) is 48.1 Å². The Bertz CT molecular complexity index is 889. The fraction of sp³-hybridized carbons (Fsp3) is 0.500. The number of aromatic nitrogens is 1. The Morgan fingerprint density at radius 2 is 1.75 bits per heavy atom. The highest BCUT2D eigenvalue weighted by molar-refractivity contribution is 6.51. The highest BCUT2D eigenvalue weighted by Gasteiger charge is 2.49. The van der Waals surface area contributed by atoms with E-state index in [1.807, 2.05) is 91.0 Å². The van der Waals surface area contributed by atoms with Gasteiger partial charge in [-0.3, -0.25) is 4.57 Å². The van der Waals surface area contributed by atoms with Crippen LogP contribution < -0.4 is 0 Å². The Morgan fingerprint density at radius 3 is 2.36 bits per heavy atom. The largest absolute Gasteiger partial charge is 0.486 e. The molecule has 1 aliphatic heterocycles. The maximum absolute atomic E-state index is 12.6. The molecule has 1 aliphatic rings. The van der Waals surface area contributed by atoms with Gasteiger partial charge in [-0.15, -0.1) is 0 Å². The summed E-state index contributed by atoms with van der Waals surface area (Å²) in [6.45, 7) is 13.7. The van der Waals surface area contributed by atoms with Crippen LogP contribution in [-0.4, -0.2) is 34.6 Å². The first kappa shape index (κ1) is 20.7. The predicted octanol–water partition coefficient (Wildman–Crippen LogP) is 5.15. The Balaban J connectivity index is 1.80. The van der Waals surface area contributed by atoms with Crippen LogP contribution in [0, 0.1) is 0 Å². The molecular formula is C22H30BNO4. The van der Waals surface area contributed by atoms with Gasteiger partial charge in [-0.25, -0.2) is 4.79 Å². The van der Waals surface area contributed by atoms with Crippen molar-refractivity contribution in [2.75, 3.05) is 0 Å². The van der Waals surface area contributed by atoms with E-state index < -0.39 is 5.60 Å². The Labute approximate surface area is 167 Å². The number of nitrogens with zero attached hydrogens (tertiary/aromatic N) is 1. The van der Waals surface area contributed by atoms with Crippen LogP contribution in [0.15, 0.2) is 42.5 Å². The van der Waals surface area contributed by atoms with E-state index >= 15 is 0 Å². The first-order chi connectivity index (χ1) is 12.9. The molecule has 0 bridgehead atoms. The van der Waals surface area contributed by atoms with Gasteiger partial charge in [-0.05, 0) is 66.5 Å². The van der Waals surface area contributed by atoms with Gasteiger partial charge in [0.2, 0.25) is 0 Å². The van der Waals surface area contributed by atoms with Crippen LogP contribution in [0.2, 0.25) is 0 Å². The molecule has 0 N–H and O–H groups in total. The minimum absolute atomic E-state index is 0.352. The molecule has 0 atom stereocenters. The molecule has 150 valence electrons. The van der Waals surface area contributed by atoms with Crippen LogP contribution in [0.1, 0.15) is 54.0 Å². The fourth-order valence-electron chi connectivity index (χ4n) is 3.15. The fourth-order valence-corrected chi connectivity index (χ4v) is 3.15. The SMILES string of the molecule is CC(C)(C)OC(=O)n1cc(C/C=C/B2OC(C)(C)C(C)(C)O2)c2ccccc21.